The Kier molecular flexibility index (Phi) is 9.66. The Morgan fingerprint density at radius 2 is 2.03 bits per heavy atom. The van der Waals surface area contributed by atoms with Gasteiger partial charge in [0, 0.05) is 26.1 Å². The third kappa shape index (κ3) is 7.28. The molecule has 0 saturated carbocycles. The SMILES string of the molecule is O=C(CC[C@H]1CN(c2ccc(N3CCNN(C(=O)CNCCCF)CC3)c(F)c2)C(=O)O1)C(F)F. The molecule has 2 saturated heterocycles. The van der Waals surface area contributed by atoms with Crippen molar-refractivity contribution in [3.8, 4) is 0 Å². The summed E-state index contributed by atoms with van der Waals surface area (Å²) in [6.45, 7) is 1.55. The number of amides is 2. The average Bonchev–Trinajstić information content (AvgIpc) is 3.03. The number of rotatable bonds is 11. The number of ether oxygens (including phenoxy) is 1. The molecule has 0 aromatic heterocycles. The van der Waals surface area contributed by atoms with Crippen LogP contribution < -0.4 is 20.5 Å². The van der Waals surface area contributed by atoms with E-state index >= 15 is 0 Å². The summed E-state index contributed by atoms with van der Waals surface area (Å²) in [5, 5.41) is 4.33. The van der Waals surface area contributed by atoms with E-state index in [-0.39, 0.29) is 31.1 Å². The van der Waals surface area contributed by atoms with Gasteiger partial charge in [-0.05, 0) is 37.6 Å². The minimum atomic E-state index is -3.06. The molecular weight excluding hydrogens is 474 g/mol. The molecule has 0 spiro atoms. The monoisotopic (exact) mass is 503 g/mol. The number of hydrogen-bond acceptors (Lipinski definition) is 7. The molecule has 2 amide bonds. The topological polar surface area (TPSA) is 94.2 Å². The van der Waals surface area contributed by atoms with Crippen LogP contribution in [0.1, 0.15) is 19.3 Å². The first-order valence-electron chi connectivity index (χ1n) is 11.4. The first kappa shape index (κ1) is 26.7. The zero-order chi connectivity index (χ0) is 25.4. The van der Waals surface area contributed by atoms with Crippen LogP contribution in [0.2, 0.25) is 0 Å². The summed E-state index contributed by atoms with van der Waals surface area (Å²) < 4.78 is 57.0. The third-order valence-corrected chi connectivity index (χ3v) is 5.76. The molecule has 13 heteroatoms. The molecule has 1 atom stereocenters. The molecule has 2 heterocycles. The van der Waals surface area contributed by atoms with E-state index in [0.29, 0.717) is 44.8 Å². The van der Waals surface area contributed by atoms with Crippen LogP contribution in [0, 0.1) is 5.82 Å². The summed E-state index contributed by atoms with van der Waals surface area (Å²) in [4.78, 5) is 38.6. The van der Waals surface area contributed by atoms with Crippen molar-refractivity contribution in [1.29, 1.82) is 0 Å². The predicted molar refractivity (Wildman–Crippen MR) is 120 cm³/mol. The fourth-order valence-electron chi connectivity index (χ4n) is 3.88. The van der Waals surface area contributed by atoms with Crippen LogP contribution in [-0.4, -0.2) is 87.8 Å². The van der Waals surface area contributed by atoms with Gasteiger partial charge in [0.1, 0.15) is 11.9 Å². The number of carbonyl (C=O) groups is 3. The molecule has 0 bridgehead atoms. The van der Waals surface area contributed by atoms with Gasteiger partial charge in [0.05, 0.1) is 37.7 Å². The molecule has 1 aromatic rings. The van der Waals surface area contributed by atoms with Crippen LogP contribution in [0.15, 0.2) is 18.2 Å². The zero-order valence-electron chi connectivity index (χ0n) is 19.2. The number of nitrogens with zero attached hydrogens (tertiary/aromatic N) is 3. The summed E-state index contributed by atoms with van der Waals surface area (Å²) in [7, 11) is 0. The van der Waals surface area contributed by atoms with Crippen molar-refractivity contribution in [2.45, 2.75) is 31.8 Å². The van der Waals surface area contributed by atoms with Crippen molar-refractivity contribution in [3.63, 3.8) is 0 Å². The Bertz CT molecular complexity index is 907. The van der Waals surface area contributed by atoms with Gasteiger partial charge in [0.2, 0.25) is 0 Å². The number of anilines is 2. The second-order valence-corrected chi connectivity index (χ2v) is 8.22. The summed E-state index contributed by atoms with van der Waals surface area (Å²) in [5.74, 6) is -1.98. The number of nitrogens with one attached hydrogen (secondary N) is 2. The van der Waals surface area contributed by atoms with Gasteiger partial charge in [-0.15, -0.1) is 0 Å². The van der Waals surface area contributed by atoms with Crippen molar-refractivity contribution >= 4 is 29.2 Å². The molecule has 0 aliphatic carbocycles. The molecule has 0 radical (unpaired) electrons. The number of carbonyl (C=O) groups excluding carboxylic acids is 3. The molecule has 2 aliphatic heterocycles. The van der Waals surface area contributed by atoms with Gasteiger partial charge in [-0.1, -0.05) is 0 Å². The highest BCUT2D eigenvalue weighted by molar-refractivity contribution is 5.90. The highest BCUT2D eigenvalue weighted by atomic mass is 19.3. The lowest BCUT2D eigenvalue weighted by molar-refractivity contribution is -0.133. The molecule has 2 fully saturated rings. The van der Waals surface area contributed by atoms with E-state index in [4.69, 9.17) is 4.74 Å². The molecule has 3 rings (SSSR count). The fraction of sp³-hybridized carbons (Fsp3) is 0.591. The van der Waals surface area contributed by atoms with Crippen LogP contribution >= 0.6 is 0 Å². The summed E-state index contributed by atoms with van der Waals surface area (Å²) >= 11 is 0. The maximum absolute atomic E-state index is 15.0. The first-order valence-corrected chi connectivity index (χ1v) is 11.4. The first-order chi connectivity index (χ1) is 16.8. The second-order valence-electron chi connectivity index (χ2n) is 8.22. The maximum Gasteiger partial charge on any atom is 0.414 e. The van der Waals surface area contributed by atoms with E-state index in [1.807, 2.05) is 0 Å². The van der Waals surface area contributed by atoms with E-state index in [2.05, 4.69) is 10.7 Å². The normalized spacial score (nSPS) is 18.7. The highest BCUT2D eigenvalue weighted by Gasteiger charge is 2.33. The van der Waals surface area contributed by atoms with Crippen LogP contribution in [0.5, 0.6) is 0 Å². The molecular formula is C22H29F4N5O4. The van der Waals surface area contributed by atoms with Gasteiger partial charge in [-0.25, -0.2) is 23.4 Å². The molecule has 2 N–H and O–H groups in total. The lowest BCUT2D eigenvalue weighted by Gasteiger charge is -2.24. The molecule has 35 heavy (non-hydrogen) atoms. The maximum atomic E-state index is 15.0. The third-order valence-electron chi connectivity index (χ3n) is 5.76. The minimum absolute atomic E-state index is 0.0260. The Morgan fingerprint density at radius 1 is 1.23 bits per heavy atom. The number of halogens is 4. The van der Waals surface area contributed by atoms with Gasteiger partial charge in [-0.2, -0.15) is 0 Å². The van der Waals surface area contributed by atoms with E-state index in [0.717, 1.165) is 0 Å². The minimum Gasteiger partial charge on any atom is -0.444 e. The lowest BCUT2D eigenvalue weighted by Crippen LogP contribution is -2.47. The predicted octanol–water partition coefficient (Wildman–Crippen LogP) is 1.87. The van der Waals surface area contributed by atoms with Crippen LogP contribution in [0.25, 0.3) is 0 Å². The smallest absolute Gasteiger partial charge is 0.414 e. The zero-order valence-corrected chi connectivity index (χ0v) is 19.2. The van der Waals surface area contributed by atoms with Gasteiger partial charge in [0.15, 0.2) is 5.78 Å². The summed E-state index contributed by atoms with van der Waals surface area (Å²) in [6, 6.07) is 4.28. The standard InChI is InChI=1S/C22H29F4N5O4/c23-6-1-7-27-13-20(33)31-11-10-29(9-8-28-31)18-4-2-15(12-17(18)24)30-14-16(35-22(30)34)3-5-19(32)21(25)26/h2,4,12,16,21,27-28H,1,3,5-11,13-14H2/t16-/m0/s1. The molecule has 0 unspecified atom stereocenters. The lowest BCUT2D eigenvalue weighted by atomic mass is 10.1. The fourth-order valence-corrected chi connectivity index (χ4v) is 3.88. The Morgan fingerprint density at radius 3 is 2.74 bits per heavy atom. The molecule has 1 aromatic carbocycles. The Labute approximate surface area is 200 Å². The van der Waals surface area contributed by atoms with E-state index in [9.17, 15) is 31.9 Å². The number of hydrazine groups is 1. The van der Waals surface area contributed by atoms with Crippen LogP contribution in [-0.2, 0) is 14.3 Å². The van der Waals surface area contributed by atoms with E-state index < -0.39 is 43.3 Å². The van der Waals surface area contributed by atoms with Crippen molar-refractivity contribution < 1.29 is 36.7 Å². The summed E-state index contributed by atoms with van der Waals surface area (Å²) in [5.41, 5.74) is 3.56. The van der Waals surface area contributed by atoms with Crippen molar-refractivity contribution in [2.75, 3.05) is 62.3 Å². The summed E-state index contributed by atoms with van der Waals surface area (Å²) in [6.07, 6.45) is -4.65. The van der Waals surface area contributed by atoms with Crippen molar-refractivity contribution in [1.82, 2.24) is 15.8 Å². The number of hydrogen-bond donors (Lipinski definition) is 2. The number of benzene rings is 1. The van der Waals surface area contributed by atoms with Gasteiger partial charge < -0.3 is 15.0 Å². The highest BCUT2D eigenvalue weighted by Crippen LogP contribution is 2.29. The Hall–Kier alpha value is -2.93. The van der Waals surface area contributed by atoms with Gasteiger partial charge in [0.25, 0.3) is 12.3 Å². The van der Waals surface area contributed by atoms with Crippen LogP contribution in [0.3, 0.4) is 0 Å². The van der Waals surface area contributed by atoms with Crippen molar-refractivity contribution in [2.24, 2.45) is 0 Å². The number of Topliss-reactive ketones (excluding diaryl/α,β-unsaturated/α-hetero) is 1. The second kappa shape index (κ2) is 12.7. The number of alkyl halides is 3. The van der Waals surface area contributed by atoms with E-state index in [1.165, 1.54) is 22.0 Å². The molecule has 9 nitrogen and oxygen atoms in total. The Balaban J connectivity index is 1.56. The average molecular weight is 503 g/mol. The largest absolute Gasteiger partial charge is 0.444 e. The van der Waals surface area contributed by atoms with Crippen LogP contribution in [0.4, 0.5) is 33.7 Å². The number of cyclic esters (lactones) is 1. The quantitative estimate of drug-likeness (QED) is 0.352. The van der Waals surface area contributed by atoms with Crippen molar-refractivity contribution in [3.05, 3.63) is 24.0 Å². The molecule has 2 aliphatic rings. The van der Waals surface area contributed by atoms with Gasteiger partial charge >= 0.3 is 6.09 Å². The molecule has 194 valence electrons. The van der Waals surface area contributed by atoms with Gasteiger partial charge in [-0.3, -0.25) is 23.9 Å². The number of ketones is 1. The van der Waals surface area contributed by atoms with E-state index in [1.54, 1.807) is 11.0 Å².